The van der Waals surface area contributed by atoms with Crippen molar-refractivity contribution >= 4 is 23.4 Å². The van der Waals surface area contributed by atoms with Gasteiger partial charge in [-0.05, 0) is 26.3 Å². The number of halogens is 1. The van der Waals surface area contributed by atoms with Gasteiger partial charge in [0, 0.05) is 30.1 Å². The van der Waals surface area contributed by atoms with E-state index in [1.807, 2.05) is 23.9 Å². The maximum atomic E-state index is 6.01. The fraction of sp³-hybridized carbons (Fsp3) is 0.545. The fourth-order valence-corrected chi connectivity index (χ4v) is 2.25. The summed E-state index contributed by atoms with van der Waals surface area (Å²) in [6, 6.07) is 4.50. The van der Waals surface area contributed by atoms with Gasteiger partial charge in [-0.2, -0.15) is 11.8 Å². The lowest BCUT2D eigenvalue weighted by Gasteiger charge is -2.24. The van der Waals surface area contributed by atoms with Crippen LogP contribution in [-0.4, -0.2) is 35.0 Å². The summed E-state index contributed by atoms with van der Waals surface area (Å²) in [4.78, 5) is 6.36. The molecule has 0 aliphatic carbocycles. The van der Waals surface area contributed by atoms with Gasteiger partial charge in [-0.1, -0.05) is 17.7 Å². The molecular weight excluding hydrogens is 228 g/mol. The molecule has 0 N–H and O–H groups in total. The normalized spacial score (nSPS) is 13.1. The van der Waals surface area contributed by atoms with Gasteiger partial charge in [0.15, 0.2) is 0 Å². The van der Waals surface area contributed by atoms with Crippen molar-refractivity contribution < 1.29 is 0 Å². The molecule has 0 spiro atoms. The second-order valence-corrected chi connectivity index (χ2v) is 4.94. The molecule has 1 aromatic heterocycles. The van der Waals surface area contributed by atoms with E-state index in [0.717, 1.165) is 17.9 Å². The molecule has 4 heteroatoms. The summed E-state index contributed by atoms with van der Waals surface area (Å²) in [7, 11) is 2.12. The predicted octanol–water partition coefficient (Wildman–Crippen LogP) is 2.92. The minimum atomic E-state index is 0.552. The molecule has 0 amide bonds. The summed E-state index contributed by atoms with van der Waals surface area (Å²) >= 11 is 7.87. The summed E-state index contributed by atoms with van der Waals surface area (Å²) in [5.74, 6) is 1.13. The molecule has 1 aromatic rings. The van der Waals surface area contributed by atoms with Crippen molar-refractivity contribution in [3.05, 3.63) is 29.0 Å². The minimum absolute atomic E-state index is 0.552. The summed E-state index contributed by atoms with van der Waals surface area (Å²) in [6.45, 7) is 3.08. The summed E-state index contributed by atoms with van der Waals surface area (Å²) in [5.41, 5.74) is 1.09. The van der Waals surface area contributed by atoms with Crippen molar-refractivity contribution in [2.24, 2.45) is 0 Å². The van der Waals surface area contributed by atoms with E-state index in [4.69, 9.17) is 11.6 Å². The second kappa shape index (κ2) is 6.36. The Labute approximate surface area is 101 Å². The van der Waals surface area contributed by atoms with Crippen LogP contribution in [0.15, 0.2) is 18.3 Å². The highest BCUT2D eigenvalue weighted by atomic mass is 35.5. The number of rotatable bonds is 5. The van der Waals surface area contributed by atoms with E-state index in [9.17, 15) is 0 Å². The number of pyridine rings is 1. The number of aromatic nitrogens is 1. The van der Waals surface area contributed by atoms with Crippen molar-refractivity contribution in [3.8, 4) is 0 Å². The Morgan fingerprint density at radius 3 is 2.93 bits per heavy atom. The average Bonchev–Trinajstić information content (AvgIpc) is 2.21. The summed E-state index contributed by atoms with van der Waals surface area (Å²) in [6.07, 6.45) is 3.85. The predicted molar refractivity (Wildman–Crippen MR) is 68.6 cm³/mol. The highest BCUT2D eigenvalue weighted by molar-refractivity contribution is 7.98. The molecule has 2 nitrogen and oxygen atoms in total. The lowest BCUT2D eigenvalue weighted by molar-refractivity contribution is 0.269. The topological polar surface area (TPSA) is 16.1 Å². The maximum absolute atomic E-state index is 6.01. The van der Waals surface area contributed by atoms with Gasteiger partial charge in [0.25, 0.3) is 0 Å². The summed E-state index contributed by atoms with van der Waals surface area (Å²) in [5, 5.41) is 0.612. The van der Waals surface area contributed by atoms with E-state index in [1.165, 1.54) is 0 Å². The Bertz CT molecular complexity index is 306. The van der Waals surface area contributed by atoms with Crippen LogP contribution in [0.2, 0.25) is 5.15 Å². The molecule has 0 aromatic carbocycles. The van der Waals surface area contributed by atoms with E-state index in [1.54, 1.807) is 6.20 Å². The fourth-order valence-electron chi connectivity index (χ4n) is 1.33. The first-order valence-corrected chi connectivity index (χ1v) is 6.71. The molecule has 1 unspecified atom stereocenters. The number of hydrogen-bond donors (Lipinski definition) is 0. The van der Waals surface area contributed by atoms with Gasteiger partial charge >= 0.3 is 0 Å². The first-order chi connectivity index (χ1) is 7.15. The molecule has 0 fully saturated rings. The van der Waals surface area contributed by atoms with Crippen molar-refractivity contribution in [3.63, 3.8) is 0 Å². The zero-order valence-electron chi connectivity index (χ0n) is 9.40. The van der Waals surface area contributed by atoms with Crippen molar-refractivity contribution in [1.82, 2.24) is 9.88 Å². The molecule has 1 heterocycles. The third-order valence-electron chi connectivity index (χ3n) is 2.42. The van der Waals surface area contributed by atoms with Gasteiger partial charge in [0.1, 0.15) is 5.15 Å². The highest BCUT2D eigenvalue weighted by Gasteiger charge is 2.10. The molecule has 0 bridgehead atoms. The van der Waals surface area contributed by atoms with Crippen LogP contribution in [-0.2, 0) is 6.54 Å². The summed E-state index contributed by atoms with van der Waals surface area (Å²) < 4.78 is 0. The molecule has 0 aliphatic heterocycles. The smallest absolute Gasteiger partial charge is 0.133 e. The molecule has 0 radical (unpaired) electrons. The zero-order valence-corrected chi connectivity index (χ0v) is 11.0. The highest BCUT2D eigenvalue weighted by Crippen LogP contribution is 2.15. The third-order valence-corrected chi connectivity index (χ3v) is 3.57. The molecule has 15 heavy (non-hydrogen) atoms. The largest absolute Gasteiger partial charge is 0.299 e. The molecule has 84 valence electrons. The van der Waals surface area contributed by atoms with Crippen LogP contribution < -0.4 is 0 Å². The lowest BCUT2D eigenvalue weighted by Crippen LogP contribution is -2.30. The second-order valence-electron chi connectivity index (χ2n) is 3.67. The minimum Gasteiger partial charge on any atom is -0.299 e. The lowest BCUT2D eigenvalue weighted by atomic mass is 10.2. The quantitative estimate of drug-likeness (QED) is 0.741. The van der Waals surface area contributed by atoms with Crippen LogP contribution in [0.5, 0.6) is 0 Å². The van der Waals surface area contributed by atoms with Crippen LogP contribution in [0.25, 0.3) is 0 Å². The third kappa shape index (κ3) is 4.01. The van der Waals surface area contributed by atoms with E-state index in [0.29, 0.717) is 11.2 Å². The number of thioether (sulfide) groups is 1. The SMILES string of the molecule is CSCC(C)N(C)Cc1cccnc1Cl. The van der Waals surface area contributed by atoms with Crippen LogP contribution in [0.1, 0.15) is 12.5 Å². The monoisotopic (exact) mass is 244 g/mol. The average molecular weight is 245 g/mol. The first kappa shape index (κ1) is 12.8. The molecule has 0 aliphatic rings. The molecule has 0 saturated carbocycles. The van der Waals surface area contributed by atoms with E-state index < -0.39 is 0 Å². The van der Waals surface area contributed by atoms with Gasteiger partial charge in [0.05, 0.1) is 0 Å². The van der Waals surface area contributed by atoms with E-state index in [-0.39, 0.29) is 0 Å². The van der Waals surface area contributed by atoms with Crippen LogP contribution >= 0.6 is 23.4 Å². The molecule has 1 rings (SSSR count). The zero-order chi connectivity index (χ0) is 11.3. The molecule has 0 saturated heterocycles. The number of hydrogen-bond acceptors (Lipinski definition) is 3. The van der Waals surface area contributed by atoms with Gasteiger partial charge in [0.2, 0.25) is 0 Å². The maximum Gasteiger partial charge on any atom is 0.133 e. The van der Waals surface area contributed by atoms with Crippen LogP contribution in [0, 0.1) is 0 Å². The Hall–Kier alpha value is -0.250. The van der Waals surface area contributed by atoms with Crippen molar-refractivity contribution in [1.29, 1.82) is 0 Å². The van der Waals surface area contributed by atoms with E-state index in [2.05, 4.69) is 30.1 Å². The Kier molecular flexibility index (Phi) is 5.43. The van der Waals surface area contributed by atoms with Gasteiger partial charge in [-0.25, -0.2) is 4.98 Å². The van der Waals surface area contributed by atoms with Gasteiger partial charge in [-0.3, -0.25) is 4.90 Å². The van der Waals surface area contributed by atoms with Crippen LogP contribution in [0.4, 0.5) is 0 Å². The van der Waals surface area contributed by atoms with Crippen molar-refractivity contribution in [2.75, 3.05) is 19.1 Å². The standard InChI is InChI=1S/C11H17ClN2S/c1-9(8-15-3)14(2)7-10-5-4-6-13-11(10)12/h4-6,9H,7-8H2,1-3H3. The molecular formula is C11H17ClN2S. The van der Waals surface area contributed by atoms with E-state index >= 15 is 0 Å². The Morgan fingerprint density at radius 2 is 2.33 bits per heavy atom. The van der Waals surface area contributed by atoms with Gasteiger partial charge < -0.3 is 0 Å². The number of nitrogens with zero attached hydrogens (tertiary/aromatic N) is 2. The Morgan fingerprint density at radius 1 is 1.60 bits per heavy atom. The Balaban J connectivity index is 2.58. The molecule has 1 atom stereocenters. The van der Waals surface area contributed by atoms with Crippen LogP contribution in [0.3, 0.4) is 0 Å². The van der Waals surface area contributed by atoms with Gasteiger partial charge in [-0.15, -0.1) is 0 Å². The first-order valence-electron chi connectivity index (χ1n) is 4.93. The van der Waals surface area contributed by atoms with Crippen molar-refractivity contribution in [2.45, 2.75) is 19.5 Å².